The van der Waals surface area contributed by atoms with E-state index in [2.05, 4.69) is 65.5 Å². The quantitative estimate of drug-likeness (QED) is 0.199. The molecule has 0 aliphatic heterocycles. The number of aromatic nitrogens is 1. The number of fused-ring (bicyclic) bond motifs is 1. The molecular weight excluding hydrogens is 452 g/mol. The molecule has 0 fully saturated rings. The van der Waals surface area contributed by atoms with Crippen LogP contribution in [-0.2, 0) is 9.59 Å². The van der Waals surface area contributed by atoms with Gasteiger partial charge in [-0.25, -0.2) is 0 Å². The van der Waals surface area contributed by atoms with Gasteiger partial charge in [0.15, 0.2) is 0 Å². The topological polar surface area (TPSA) is 80.6 Å². The molecule has 0 saturated heterocycles. The number of aliphatic carboxylic acids is 1. The van der Waals surface area contributed by atoms with Crippen molar-refractivity contribution in [3.8, 4) is 5.75 Å². The number of hydrogen-bond acceptors (Lipinski definition) is 3. The van der Waals surface area contributed by atoms with Crippen LogP contribution >= 0.6 is 0 Å². The summed E-state index contributed by atoms with van der Waals surface area (Å²) >= 11 is 0. The van der Waals surface area contributed by atoms with Crippen LogP contribution in [0.5, 0.6) is 5.75 Å². The Labute approximate surface area is 210 Å². The minimum atomic E-state index is -0.860. The second-order valence-electron chi connectivity index (χ2n) is 8.74. The SMILES string of the molecule is C/C(=C\C(=O)Nc1ccccc1OCCCC(=O)O)c1ccc2c(ccn2C(C)c2ccccc2)c1. The second-order valence-corrected chi connectivity index (χ2v) is 8.74. The predicted octanol–water partition coefficient (Wildman–Crippen LogP) is 6.54. The van der Waals surface area contributed by atoms with Crippen molar-refractivity contribution in [2.75, 3.05) is 11.9 Å². The standard InChI is InChI=1S/C30H30N2O4/c1-21(19-29(33)31-26-11-6-7-12-28(26)36-18-8-13-30(34)35)24-14-15-27-25(20-24)16-17-32(27)22(2)23-9-4-3-5-10-23/h3-7,9-12,14-17,19-20,22H,8,13,18H2,1-2H3,(H,31,33)(H,34,35)/b21-19+. The molecule has 1 amide bonds. The van der Waals surface area contributed by atoms with E-state index < -0.39 is 5.97 Å². The van der Waals surface area contributed by atoms with Crippen molar-refractivity contribution in [3.63, 3.8) is 0 Å². The Balaban J connectivity index is 1.46. The van der Waals surface area contributed by atoms with Gasteiger partial charge >= 0.3 is 5.97 Å². The van der Waals surface area contributed by atoms with E-state index in [0.29, 0.717) is 17.9 Å². The lowest BCUT2D eigenvalue weighted by Gasteiger charge is -2.16. The van der Waals surface area contributed by atoms with Gasteiger partial charge in [0.1, 0.15) is 5.75 Å². The number of carbonyl (C=O) groups is 2. The van der Waals surface area contributed by atoms with E-state index in [1.165, 1.54) is 5.56 Å². The van der Waals surface area contributed by atoms with E-state index in [1.807, 2.05) is 31.2 Å². The van der Waals surface area contributed by atoms with Crippen molar-refractivity contribution in [2.24, 2.45) is 0 Å². The number of nitrogens with zero attached hydrogens (tertiary/aromatic N) is 1. The Morgan fingerprint density at radius 3 is 2.56 bits per heavy atom. The lowest BCUT2D eigenvalue weighted by molar-refractivity contribution is -0.137. The lowest BCUT2D eigenvalue weighted by atomic mass is 10.0. The van der Waals surface area contributed by atoms with E-state index >= 15 is 0 Å². The Morgan fingerprint density at radius 1 is 1.03 bits per heavy atom. The van der Waals surface area contributed by atoms with E-state index in [0.717, 1.165) is 22.0 Å². The van der Waals surface area contributed by atoms with Crippen molar-refractivity contribution in [1.29, 1.82) is 0 Å². The third-order valence-electron chi connectivity index (χ3n) is 6.16. The maximum absolute atomic E-state index is 12.8. The number of allylic oxidation sites excluding steroid dienone is 1. The molecule has 0 radical (unpaired) electrons. The van der Waals surface area contributed by atoms with E-state index in [1.54, 1.807) is 18.2 Å². The van der Waals surface area contributed by atoms with Gasteiger partial charge in [0.2, 0.25) is 5.91 Å². The molecule has 6 nitrogen and oxygen atoms in total. The van der Waals surface area contributed by atoms with Crippen LogP contribution in [0.15, 0.2) is 91.1 Å². The summed E-state index contributed by atoms with van der Waals surface area (Å²) in [6.07, 6.45) is 4.11. The maximum Gasteiger partial charge on any atom is 0.303 e. The molecule has 6 heteroatoms. The molecule has 0 spiro atoms. The number of carbonyl (C=O) groups excluding carboxylic acids is 1. The highest BCUT2D eigenvalue weighted by atomic mass is 16.5. The van der Waals surface area contributed by atoms with Gasteiger partial charge in [0.05, 0.1) is 18.3 Å². The van der Waals surface area contributed by atoms with Gasteiger partial charge in [-0.2, -0.15) is 0 Å². The fourth-order valence-electron chi connectivity index (χ4n) is 4.19. The van der Waals surface area contributed by atoms with E-state index in [-0.39, 0.29) is 25.0 Å². The number of nitrogens with one attached hydrogen (secondary N) is 1. The van der Waals surface area contributed by atoms with Crippen LogP contribution in [0.3, 0.4) is 0 Å². The summed E-state index contributed by atoms with van der Waals surface area (Å²) in [5.74, 6) is -0.608. The van der Waals surface area contributed by atoms with Gasteiger partial charge in [-0.15, -0.1) is 0 Å². The maximum atomic E-state index is 12.8. The third-order valence-corrected chi connectivity index (χ3v) is 6.16. The van der Waals surface area contributed by atoms with Crippen molar-refractivity contribution < 1.29 is 19.4 Å². The number of carboxylic acids is 1. The minimum absolute atomic E-state index is 0.0371. The van der Waals surface area contributed by atoms with Gasteiger partial charge in [-0.3, -0.25) is 9.59 Å². The molecule has 0 bridgehead atoms. The highest BCUT2D eigenvalue weighted by Gasteiger charge is 2.12. The summed E-state index contributed by atoms with van der Waals surface area (Å²) in [7, 11) is 0. The Bertz CT molecular complexity index is 1390. The third kappa shape index (κ3) is 6.02. The highest BCUT2D eigenvalue weighted by Crippen LogP contribution is 2.28. The minimum Gasteiger partial charge on any atom is -0.491 e. The molecule has 184 valence electrons. The van der Waals surface area contributed by atoms with Crippen LogP contribution in [0.4, 0.5) is 5.69 Å². The number of ether oxygens (including phenoxy) is 1. The monoisotopic (exact) mass is 482 g/mol. The molecule has 1 atom stereocenters. The first-order valence-electron chi connectivity index (χ1n) is 12.0. The lowest BCUT2D eigenvalue weighted by Crippen LogP contribution is -2.11. The average Bonchev–Trinajstić information content (AvgIpc) is 3.30. The summed E-state index contributed by atoms with van der Waals surface area (Å²) in [5, 5.41) is 12.8. The number of carboxylic acid groups (broad SMARTS) is 1. The first kappa shape index (κ1) is 24.8. The number of para-hydroxylation sites is 2. The Morgan fingerprint density at radius 2 is 1.78 bits per heavy atom. The van der Waals surface area contributed by atoms with E-state index in [9.17, 15) is 9.59 Å². The number of amides is 1. The molecule has 0 aliphatic rings. The Hall–Kier alpha value is -4.32. The van der Waals surface area contributed by atoms with Gasteiger partial charge in [0, 0.05) is 29.6 Å². The summed E-state index contributed by atoms with van der Waals surface area (Å²) in [6, 6.07) is 26.1. The summed E-state index contributed by atoms with van der Waals surface area (Å²) in [6.45, 7) is 4.36. The van der Waals surface area contributed by atoms with Gasteiger partial charge in [-0.05, 0) is 67.3 Å². The normalized spacial score (nSPS) is 12.3. The first-order chi connectivity index (χ1) is 17.4. The number of anilines is 1. The van der Waals surface area contributed by atoms with Crippen LogP contribution in [0.25, 0.3) is 16.5 Å². The van der Waals surface area contributed by atoms with Gasteiger partial charge < -0.3 is 19.7 Å². The van der Waals surface area contributed by atoms with Crippen molar-refractivity contribution >= 4 is 34.0 Å². The fraction of sp³-hybridized carbons (Fsp3) is 0.200. The zero-order valence-electron chi connectivity index (χ0n) is 20.5. The van der Waals surface area contributed by atoms with E-state index in [4.69, 9.17) is 9.84 Å². The highest BCUT2D eigenvalue weighted by molar-refractivity contribution is 6.04. The molecule has 4 rings (SSSR count). The number of rotatable bonds is 10. The second kappa shape index (κ2) is 11.4. The summed E-state index contributed by atoms with van der Waals surface area (Å²) in [4.78, 5) is 23.4. The average molecular weight is 483 g/mol. The number of hydrogen-bond donors (Lipinski definition) is 2. The summed E-state index contributed by atoms with van der Waals surface area (Å²) < 4.78 is 7.94. The van der Waals surface area contributed by atoms with Crippen molar-refractivity contribution in [3.05, 3.63) is 102 Å². The zero-order chi connectivity index (χ0) is 25.5. The first-order valence-corrected chi connectivity index (χ1v) is 12.0. The Kier molecular flexibility index (Phi) is 7.85. The molecule has 2 N–H and O–H groups in total. The molecule has 1 heterocycles. The zero-order valence-corrected chi connectivity index (χ0v) is 20.5. The van der Waals surface area contributed by atoms with Crippen LogP contribution in [0.2, 0.25) is 0 Å². The molecule has 36 heavy (non-hydrogen) atoms. The number of benzene rings is 3. The summed E-state index contributed by atoms with van der Waals surface area (Å²) in [5.41, 5.74) is 4.75. The molecule has 1 aromatic heterocycles. The molecule has 3 aromatic carbocycles. The van der Waals surface area contributed by atoms with Crippen molar-refractivity contribution in [2.45, 2.75) is 32.7 Å². The van der Waals surface area contributed by atoms with Gasteiger partial charge in [-0.1, -0.05) is 48.5 Å². The van der Waals surface area contributed by atoms with Crippen molar-refractivity contribution in [1.82, 2.24) is 4.57 Å². The van der Waals surface area contributed by atoms with Crippen LogP contribution in [-0.4, -0.2) is 28.2 Å². The van der Waals surface area contributed by atoms with Crippen LogP contribution < -0.4 is 10.1 Å². The molecule has 1 unspecified atom stereocenters. The molecule has 0 saturated carbocycles. The van der Waals surface area contributed by atoms with Gasteiger partial charge in [0.25, 0.3) is 0 Å². The molecule has 4 aromatic rings. The smallest absolute Gasteiger partial charge is 0.303 e. The molecular formula is C30H30N2O4. The molecule has 0 aliphatic carbocycles. The van der Waals surface area contributed by atoms with Crippen LogP contribution in [0.1, 0.15) is 43.9 Å². The predicted molar refractivity (Wildman–Crippen MR) is 143 cm³/mol. The fourth-order valence-corrected chi connectivity index (χ4v) is 4.19. The largest absolute Gasteiger partial charge is 0.491 e. The van der Waals surface area contributed by atoms with Crippen LogP contribution in [0, 0.1) is 0 Å².